The zero-order chi connectivity index (χ0) is 17.5. The molecule has 0 aliphatic rings. The minimum atomic E-state index is -2.63. The Morgan fingerprint density at radius 2 is 2.04 bits per heavy atom. The van der Waals surface area contributed by atoms with Gasteiger partial charge in [-0.15, -0.1) is 0 Å². The highest BCUT2D eigenvalue weighted by molar-refractivity contribution is 5.92. The number of ether oxygens (including phenoxy) is 1. The number of alkyl halides is 2. The van der Waals surface area contributed by atoms with Crippen LogP contribution in [-0.4, -0.2) is 35.6 Å². The Morgan fingerprint density at radius 3 is 2.75 bits per heavy atom. The minimum absolute atomic E-state index is 0.0553. The molecular weight excluding hydrogens is 325 g/mol. The van der Waals surface area contributed by atoms with Crippen LogP contribution in [0.2, 0.25) is 0 Å². The van der Waals surface area contributed by atoms with E-state index in [1.807, 2.05) is 0 Å². The molecule has 1 unspecified atom stereocenters. The van der Waals surface area contributed by atoms with E-state index < -0.39 is 30.9 Å². The number of hydrogen-bond acceptors (Lipinski definition) is 4. The van der Waals surface area contributed by atoms with Gasteiger partial charge in [-0.1, -0.05) is 18.2 Å². The van der Waals surface area contributed by atoms with Crippen LogP contribution < -0.4 is 10.1 Å². The summed E-state index contributed by atoms with van der Waals surface area (Å²) < 4.78 is 42.5. The number of carbonyl (C=O) groups is 1. The summed E-state index contributed by atoms with van der Waals surface area (Å²) >= 11 is 0. The molecule has 2 aromatic rings. The number of aromatic nitrogens is 1. The molecule has 128 valence electrons. The van der Waals surface area contributed by atoms with Crippen molar-refractivity contribution in [2.45, 2.75) is 12.5 Å². The number of carbonyl (C=O) groups excluding carboxylic acids is 1. The number of nitrogens with zero attached hydrogens (tertiary/aromatic N) is 1. The molecule has 2 N–H and O–H groups in total. The highest BCUT2D eigenvalue weighted by Gasteiger charge is 2.15. The largest absolute Gasteiger partial charge is 0.488 e. The fourth-order valence-corrected chi connectivity index (χ4v) is 1.92. The van der Waals surface area contributed by atoms with Gasteiger partial charge < -0.3 is 15.2 Å². The zero-order valence-electron chi connectivity index (χ0n) is 12.5. The van der Waals surface area contributed by atoms with E-state index in [-0.39, 0.29) is 23.6 Å². The highest BCUT2D eigenvalue weighted by Crippen LogP contribution is 2.16. The molecular formula is C16H15F3N2O3. The van der Waals surface area contributed by atoms with E-state index in [4.69, 9.17) is 4.74 Å². The second kappa shape index (κ2) is 8.30. The third kappa shape index (κ3) is 4.95. The number of rotatable bonds is 7. The number of pyridine rings is 1. The molecule has 1 heterocycles. The lowest BCUT2D eigenvalue weighted by atomic mass is 10.1. The Labute approximate surface area is 136 Å². The summed E-state index contributed by atoms with van der Waals surface area (Å²) in [7, 11) is 0. The van der Waals surface area contributed by atoms with Gasteiger partial charge in [-0.2, -0.15) is 0 Å². The van der Waals surface area contributed by atoms with Crippen LogP contribution in [0.5, 0.6) is 5.75 Å². The first-order chi connectivity index (χ1) is 11.5. The van der Waals surface area contributed by atoms with E-state index >= 15 is 0 Å². The van der Waals surface area contributed by atoms with E-state index in [0.717, 1.165) is 0 Å². The van der Waals surface area contributed by atoms with Crippen molar-refractivity contribution in [1.29, 1.82) is 0 Å². The van der Waals surface area contributed by atoms with Gasteiger partial charge in [0.15, 0.2) is 0 Å². The van der Waals surface area contributed by atoms with Gasteiger partial charge in [0, 0.05) is 24.4 Å². The predicted molar refractivity (Wildman–Crippen MR) is 79.4 cm³/mol. The lowest BCUT2D eigenvalue weighted by Crippen LogP contribution is -2.29. The maximum absolute atomic E-state index is 13.5. The third-order valence-corrected chi connectivity index (χ3v) is 3.06. The normalized spacial score (nSPS) is 12.0. The molecule has 0 aliphatic heterocycles. The van der Waals surface area contributed by atoms with Crippen LogP contribution in [0.15, 0.2) is 42.6 Å². The number of nitrogens with one attached hydrogen (secondary N) is 1. The fraction of sp³-hybridized carbons (Fsp3) is 0.250. The summed E-state index contributed by atoms with van der Waals surface area (Å²) in [6.07, 6.45) is -2.62. The van der Waals surface area contributed by atoms with Crippen molar-refractivity contribution < 1.29 is 27.8 Å². The molecule has 2 rings (SSSR count). The molecule has 0 radical (unpaired) electrons. The maximum Gasteiger partial charge on any atom is 0.272 e. The molecule has 8 heteroatoms. The summed E-state index contributed by atoms with van der Waals surface area (Å²) in [4.78, 5) is 15.8. The van der Waals surface area contributed by atoms with Crippen LogP contribution in [0, 0.1) is 5.82 Å². The molecule has 0 spiro atoms. The smallest absolute Gasteiger partial charge is 0.272 e. The van der Waals surface area contributed by atoms with Crippen molar-refractivity contribution in [3.8, 4) is 5.75 Å². The van der Waals surface area contributed by atoms with Gasteiger partial charge in [0.25, 0.3) is 12.3 Å². The molecule has 0 aliphatic carbocycles. The number of amides is 1. The second-order valence-electron chi connectivity index (χ2n) is 4.83. The van der Waals surface area contributed by atoms with E-state index in [0.29, 0.717) is 0 Å². The van der Waals surface area contributed by atoms with Gasteiger partial charge in [0.05, 0.1) is 6.10 Å². The number of halogens is 3. The van der Waals surface area contributed by atoms with E-state index in [1.165, 1.54) is 36.5 Å². The van der Waals surface area contributed by atoms with Crippen molar-refractivity contribution in [3.63, 3.8) is 0 Å². The van der Waals surface area contributed by atoms with Crippen molar-refractivity contribution in [2.75, 3.05) is 13.2 Å². The molecule has 1 aromatic carbocycles. The molecule has 0 saturated heterocycles. The van der Waals surface area contributed by atoms with Crippen LogP contribution in [0.4, 0.5) is 13.2 Å². The van der Waals surface area contributed by atoms with Crippen molar-refractivity contribution in [2.24, 2.45) is 0 Å². The SMILES string of the molecule is O=C(NCC(O)c1ccccc1F)c1cc(OCC(F)F)ccn1. The zero-order valence-corrected chi connectivity index (χ0v) is 12.5. The molecule has 1 amide bonds. The van der Waals surface area contributed by atoms with Gasteiger partial charge in [-0.25, -0.2) is 13.2 Å². The van der Waals surface area contributed by atoms with Gasteiger partial charge in [0.1, 0.15) is 23.9 Å². The van der Waals surface area contributed by atoms with E-state index in [1.54, 1.807) is 6.07 Å². The van der Waals surface area contributed by atoms with Crippen molar-refractivity contribution in [3.05, 3.63) is 59.7 Å². The fourth-order valence-electron chi connectivity index (χ4n) is 1.92. The van der Waals surface area contributed by atoms with E-state index in [2.05, 4.69) is 10.3 Å². The lowest BCUT2D eigenvalue weighted by Gasteiger charge is -2.13. The third-order valence-electron chi connectivity index (χ3n) is 3.06. The first-order valence-electron chi connectivity index (χ1n) is 7.05. The molecule has 0 bridgehead atoms. The Bertz CT molecular complexity index is 698. The highest BCUT2D eigenvalue weighted by atomic mass is 19.3. The molecule has 0 saturated carbocycles. The first kappa shape index (κ1) is 17.7. The van der Waals surface area contributed by atoms with Crippen molar-refractivity contribution >= 4 is 5.91 Å². The first-order valence-corrected chi connectivity index (χ1v) is 7.05. The summed E-state index contributed by atoms with van der Waals surface area (Å²) in [5.41, 5.74) is -0.0118. The predicted octanol–water partition coefficient (Wildman–Crippen LogP) is 2.33. The van der Waals surface area contributed by atoms with Crippen LogP contribution in [0.3, 0.4) is 0 Å². The standard InChI is InChI=1S/C16H15F3N2O3/c17-12-4-2-1-3-11(12)14(22)8-21-16(23)13-7-10(5-6-20-13)24-9-15(18)19/h1-7,14-15,22H,8-9H2,(H,21,23). The molecule has 5 nitrogen and oxygen atoms in total. The Balaban J connectivity index is 1.95. The Kier molecular flexibility index (Phi) is 6.14. The minimum Gasteiger partial charge on any atom is -0.488 e. The maximum atomic E-state index is 13.5. The average molecular weight is 340 g/mol. The number of aliphatic hydroxyl groups excluding tert-OH is 1. The van der Waals surface area contributed by atoms with E-state index in [9.17, 15) is 23.1 Å². The Hall–Kier alpha value is -2.61. The van der Waals surface area contributed by atoms with Crippen LogP contribution in [0.25, 0.3) is 0 Å². The number of aliphatic hydroxyl groups is 1. The van der Waals surface area contributed by atoms with Gasteiger partial charge >= 0.3 is 0 Å². The van der Waals surface area contributed by atoms with Gasteiger partial charge in [-0.05, 0) is 12.1 Å². The lowest BCUT2D eigenvalue weighted by molar-refractivity contribution is 0.0816. The summed E-state index contributed by atoms with van der Waals surface area (Å²) in [6.45, 7) is -1.03. The van der Waals surface area contributed by atoms with Crippen LogP contribution in [0.1, 0.15) is 22.2 Å². The molecule has 0 fully saturated rings. The summed E-state index contributed by atoms with van der Waals surface area (Å²) in [5.74, 6) is -1.15. The Morgan fingerprint density at radius 1 is 1.29 bits per heavy atom. The number of benzene rings is 1. The van der Waals surface area contributed by atoms with Crippen LogP contribution in [-0.2, 0) is 0 Å². The topological polar surface area (TPSA) is 71.5 Å². The summed E-state index contributed by atoms with van der Waals surface area (Å²) in [6, 6.07) is 8.20. The van der Waals surface area contributed by atoms with Gasteiger partial charge in [0.2, 0.25) is 0 Å². The van der Waals surface area contributed by atoms with Crippen LogP contribution >= 0.6 is 0 Å². The quantitative estimate of drug-likeness (QED) is 0.811. The molecule has 1 atom stereocenters. The molecule has 1 aromatic heterocycles. The van der Waals surface area contributed by atoms with Gasteiger partial charge in [-0.3, -0.25) is 9.78 Å². The second-order valence-corrected chi connectivity index (χ2v) is 4.83. The molecule has 24 heavy (non-hydrogen) atoms. The number of hydrogen-bond donors (Lipinski definition) is 2. The average Bonchev–Trinajstić information content (AvgIpc) is 2.58. The van der Waals surface area contributed by atoms with Crippen molar-refractivity contribution in [1.82, 2.24) is 10.3 Å². The summed E-state index contributed by atoms with van der Waals surface area (Å²) in [5, 5.41) is 12.3. The monoisotopic (exact) mass is 340 g/mol.